The lowest BCUT2D eigenvalue weighted by Crippen LogP contribution is -2.26. The summed E-state index contributed by atoms with van der Waals surface area (Å²) >= 11 is 5.81. The molecule has 0 heterocycles. The average Bonchev–Trinajstić information content (AvgIpc) is 2.51. The molecule has 23 heavy (non-hydrogen) atoms. The molecule has 0 saturated heterocycles. The predicted octanol–water partition coefficient (Wildman–Crippen LogP) is 2.57. The molecule has 0 fully saturated rings. The highest BCUT2D eigenvalue weighted by Gasteiger charge is 2.24. The highest BCUT2D eigenvalue weighted by atomic mass is 35.5. The zero-order chi connectivity index (χ0) is 17.4. The van der Waals surface area contributed by atoms with Gasteiger partial charge in [0.2, 0.25) is 0 Å². The number of rotatable bonds is 10. The minimum Gasteiger partial charge on any atom is -0.481 e. The molecular formula is C15H22ClN3O4. The van der Waals surface area contributed by atoms with Crippen LogP contribution in [0.3, 0.4) is 0 Å². The summed E-state index contributed by atoms with van der Waals surface area (Å²) < 4.78 is 0. The van der Waals surface area contributed by atoms with Crippen LogP contribution in [0.4, 0.5) is 11.4 Å². The topological polar surface area (TPSA) is 110 Å². The fourth-order valence-electron chi connectivity index (χ4n) is 2.50. The smallest absolute Gasteiger partial charge is 0.304 e. The Kier molecular flexibility index (Phi) is 7.77. The monoisotopic (exact) mass is 343 g/mol. The number of nitro benzene ring substituents is 1. The maximum absolute atomic E-state index is 11.2. The molecule has 1 atom stereocenters. The van der Waals surface area contributed by atoms with E-state index < -0.39 is 16.8 Å². The highest BCUT2D eigenvalue weighted by molar-refractivity contribution is 6.18. The number of nitrogens with two attached hydrogens (primary N) is 1. The Morgan fingerprint density at radius 2 is 2.17 bits per heavy atom. The van der Waals surface area contributed by atoms with Crippen LogP contribution >= 0.6 is 11.6 Å². The number of anilines is 1. The van der Waals surface area contributed by atoms with Crippen LogP contribution < -0.4 is 10.6 Å². The fourth-order valence-corrected chi connectivity index (χ4v) is 2.71. The maximum atomic E-state index is 11.2. The Labute approximate surface area is 140 Å². The van der Waals surface area contributed by atoms with Gasteiger partial charge < -0.3 is 15.7 Å². The SMILES string of the molecule is CCCN(CCCl)c1ccc([N+](=O)[O-])c(C(CN)CC(=O)O)c1. The molecule has 1 rings (SSSR count). The Morgan fingerprint density at radius 3 is 2.65 bits per heavy atom. The van der Waals surface area contributed by atoms with Gasteiger partial charge in [-0.2, -0.15) is 0 Å². The van der Waals surface area contributed by atoms with Gasteiger partial charge in [-0.05, 0) is 18.6 Å². The minimum atomic E-state index is -1.04. The van der Waals surface area contributed by atoms with Gasteiger partial charge >= 0.3 is 5.97 Å². The summed E-state index contributed by atoms with van der Waals surface area (Å²) in [5.41, 5.74) is 6.68. The second-order valence-electron chi connectivity index (χ2n) is 5.21. The predicted molar refractivity (Wildman–Crippen MR) is 90.4 cm³/mol. The molecule has 0 bridgehead atoms. The number of carbonyl (C=O) groups is 1. The summed E-state index contributed by atoms with van der Waals surface area (Å²) in [5.74, 6) is -1.21. The molecule has 3 N–H and O–H groups in total. The lowest BCUT2D eigenvalue weighted by Gasteiger charge is -2.25. The first-order valence-electron chi connectivity index (χ1n) is 7.45. The van der Waals surface area contributed by atoms with Crippen LogP contribution in [0.2, 0.25) is 0 Å². The second kappa shape index (κ2) is 9.32. The lowest BCUT2D eigenvalue weighted by molar-refractivity contribution is -0.385. The van der Waals surface area contributed by atoms with Gasteiger partial charge in [0.05, 0.1) is 11.3 Å². The van der Waals surface area contributed by atoms with Crippen molar-refractivity contribution < 1.29 is 14.8 Å². The number of benzene rings is 1. The van der Waals surface area contributed by atoms with Gasteiger partial charge in [-0.25, -0.2) is 0 Å². The number of nitrogens with zero attached hydrogens (tertiary/aromatic N) is 2. The van der Waals surface area contributed by atoms with Gasteiger partial charge in [-0.15, -0.1) is 11.6 Å². The number of carboxylic acid groups (broad SMARTS) is 1. The molecule has 0 aliphatic carbocycles. The molecule has 0 saturated carbocycles. The van der Waals surface area contributed by atoms with Crippen LogP contribution in [0.25, 0.3) is 0 Å². The normalized spacial score (nSPS) is 12.0. The summed E-state index contributed by atoms with van der Waals surface area (Å²) in [6.07, 6.45) is 0.655. The van der Waals surface area contributed by atoms with Crippen molar-refractivity contribution in [3.63, 3.8) is 0 Å². The molecule has 0 aliphatic heterocycles. The number of aliphatic carboxylic acids is 1. The van der Waals surface area contributed by atoms with E-state index in [-0.39, 0.29) is 18.7 Å². The van der Waals surface area contributed by atoms with Crippen LogP contribution in [0.15, 0.2) is 18.2 Å². The molecule has 8 heteroatoms. The Morgan fingerprint density at radius 1 is 1.48 bits per heavy atom. The summed E-state index contributed by atoms with van der Waals surface area (Å²) in [6, 6.07) is 4.74. The lowest BCUT2D eigenvalue weighted by atomic mass is 9.93. The van der Waals surface area contributed by atoms with Crippen molar-refractivity contribution in [1.29, 1.82) is 0 Å². The molecule has 0 aliphatic rings. The highest BCUT2D eigenvalue weighted by Crippen LogP contribution is 2.32. The van der Waals surface area contributed by atoms with E-state index in [0.717, 1.165) is 18.7 Å². The molecule has 1 aromatic rings. The van der Waals surface area contributed by atoms with Crippen LogP contribution in [-0.4, -0.2) is 41.5 Å². The standard InChI is InChI=1S/C15H22ClN3O4/c1-2-6-18(7-5-16)12-3-4-14(19(22)23)13(9-12)11(10-17)8-15(20)21/h3-4,9,11H,2,5-8,10,17H2,1H3,(H,20,21). The fraction of sp³-hybridized carbons (Fsp3) is 0.533. The average molecular weight is 344 g/mol. The van der Waals surface area contributed by atoms with E-state index in [0.29, 0.717) is 18.0 Å². The van der Waals surface area contributed by atoms with Gasteiger partial charge in [-0.1, -0.05) is 6.92 Å². The van der Waals surface area contributed by atoms with Gasteiger partial charge in [-0.3, -0.25) is 14.9 Å². The number of nitro groups is 1. The van der Waals surface area contributed by atoms with E-state index in [1.165, 1.54) is 6.07 Å². The summed E-state index contributed by atoms with van der Waals surface area (Å²) in [7, 11) is 0. The van der Waals surface area contributed by atoms with Crippen molar-refractivity contribution in [3.05, 3.63) is 33.9 Å². The zero-order valence-corrected chi connectivity index (χ0v) is 13.8. The van der Waals surface area contributed by atoms with Gasteiger partial charge in [0.25, 0.3) is 5.69 Å². The minimum absolute atomic E-state index is 0.0277. The molecule has 7 nitrogen and oxygen atoms in total. The van der Waals surface area contributed by atoms with E-state index in [9.17, 15) is 14.9 Å². The Bertz CT molecular complexity index is 548. The number of alkyl halides is 1. The van der Waals surface area contributed by atoms with E-state index >= 15 is 0 Å². The molecule has 1 unspecified atom stereocenters. The third-order valence-corrected chi connectivity index (χ3v) is 3.74. The van der Waals surface area contributed by atoms with Crippen molar-refractivity contribution in [1.82, 2.24) is 0 Å². The number of hydrogen-bond donors (Lipinski definition) is 2. The Hall–Kier alpha value is -1.86. The van der Waals surface area contributed by atoms with Crippen LogP contribution in [-0.2, 0) is 4.79 Å². The summed E-state index contributed by atoms with van der Waals surface area (Å²) in [5, 5.41) is 20.2. The zero-order valence-electron chi connectivity index (χ0n) is 13.1. The van der Waals surface area contributed by atoms with Crippen molar-refractivity contribution in [3.8, 4) is 0 Å². The number of carboxylic acids is 1. The number of halogens is 1. The third-order valence-electron chi connectivity index (χ3n) is 3.57. The summed E-state index contributed by atoms with van der Waals surface area (Å²) in [4.78, 5) is 23.8. The maximum Gasteiger partial charge on any atom is 0.304 e. The molecular weight excluding hydrogens is 322 g/mol. The quantitative estimate of drug-likeness (QED) is 0.384. The second-order valence-corrected chi connectivity index (χ2v) is 5.58. The molecule has 0 radical (unpaired) electrons. The molecule has 0 spiro atoms. The van der Waals surface area contributed by atoms with Gasteiger partial charge in [0, 0.05) is 48.7 Å². The number of hydrogen-bond acceptors (Lipinski definition) is 5. The van der Waals surface area contributed by atoms with Crippen molar-refractivity contribution in [2.24, 2.45) is 5.73 Å². The van der Waals surface area contributed by atoms with E-state index in [2.05, 4.69) is 0 Å². The summed E-state index contributed by atoms with van der Waals surface area (Å²) in [6.45, 7) is 3.43. The van der Waals surface area contributed by atoms with E-state index in [4.69, 9.17) is 22.4 Å². The van der Waals surface area contributed by atoms with Crippen LogP contribution in [0, 0.1) is 10.1 Å². The van der Waals surface area contributed by atoms with E-state index in [1.807, 2.05) is 11.8 Å². The van der Waals surface area contributed by atoms with Crippen molar-refractivity contribution >= 4 is 28.9 Å². The molecule has 0 amide bonds. The first-order valence-corrected chi connectivity index (χ1v) is 7.99. The Balaban J connectivity index is 3.29. The first-order chi connectivity index (χ1) is 10.9. The van der Waals surface area contributed by atoms with Gasteiger partial charge in [0.15, 0.2) is 0 Å². The molecule has 128 valence electrons. The van der Waals surface area contributed by atoms with Gasteiger partial charge in [0.1, 0.15) is 0 Å². The van der Waals surface area contributed by atoms with Crippen molar-refractivity contribution in [2.75, 3.05) is 30.4 Å². The van der Waals surface area contributed by atoms with Crippen LogP contribution in [0.5, 0.6) is 0 Å². The van der Waals surface area contributed by atoms with Crippen LogP contribution in [0.1, 0.15) is 31.2 Å². The molecule has 0 aromatic heterocycles. The van der Waals surface area contributed by atoms with Crippen molar-refractivity contribution in [2.45, 2.75) is 25.7 Å². The van der Waals surface area contributed by atoms with E-state index in [1.54, 1.807) is 12.1 Å². The third kappa shape index (κ3) is 5.37. The molecule has 1 aromatic carbocycles. The first kappa shape index (κ1) is 19.2. The largest absolute Gasteiger partial charge is 0.481 e.